The van der Waals surface area contributed by atoms with E-state index < -0.39 is 5.97 Å². The molecule has 0 bridgehead atoms. The highest BCUT2D eigenvalue weighted by molar-refractivity contribution is 6.35. The van der Waals surface area contributed by atoms with Crippen LogP contribution in [0, 0.1) is 6.92 Å². The lowest BCUT2D eigenvalue weighted by molar-refractivity contribution is -0.121. The molecule has 1 heterocycles. The summed E-state index contributed by atoms with van der Waals surface area (Å²) < 4.78 is 17.5. The third-order valence-corrected chi connectivity index (χ3v) is 9.01. The van der Waals surface area contributed by atoms with Crippen LogP contribution in [-0.4, -0.2) is 48.1 Å². The molecule has 250 valence electrons. The molecule has 4 rings (SSSR count). The van der Waals surface area contributed by atoms with Gasteiger partial charge in [0, 0.05) is 32.3 Å². The minimum atomic E-state index is -0.489. The Kier molecular flexibility index (Phi) is 13.1. The van der Waals surface area contributed by atoms with Crippen LogP contribution in [0.3, 0.4) is 0 Å². The largest absolute Gasteiger partial charge is 0.489 e. The van der Waals surface area contributed by atoms with E-state index in [2.05, 4.69) is 5.10 Å². The van der Waals surface area contributed by atoms with Crippen molar-refractivity contribution >= 4 is 52.3 Å². The molecule has 0 amide bonds. The smallest absolute Gasteiger partial charge is 0.359 e. The monoisotopic (exact) mass is 700 g/mol. The van der Waals surface area contributed by atoms with E-state index in [1.54, 1.807) is 41.9 Å². The van der Waals surface area contributed by atoms with Crippen LogP contribution in [0.4, 0.5) is 0 Å². The summed E-state index contributed by atoms with van der Waals surface area (Å²) in [6.07, 6.45) is 8.21. The van der Waals surface area contributed by atoms with Crippen LogP contribution in [0.15, 0.2) is 65.1 Å². The van der Waals surface area contributed by atoms with Gasteiger partial charge in [-0.05, 0) is 63.4 Å². The lowest BCUT2D eigenvalue weighted by Crippen LogP contribution is -2.25. The van der Waals surface area contributed by atoms with Crippen molar-refractivity contribution in [2.24, 2.45) is 0 Å². The number of nitrogens with zero attached hydrogens (tertiary/aromatic N) is 2. The minimum Gasteiger partial charge on any atom is -0.489 e. The number of carbonyl (C=O) groups is 3. The van der Waals surface area contributed by atoms with Crippen molar-refractivity contribution in [2.45, 2.75) is 71.6 Å². The molecule has 1 aliphatic rings. The van der Waals surface area contributed by atoms with Crippen molar-refractivity contribution in [3.05, 3.63) is 91.5 Å². The molecule has 1 aromatic heterocycles. The molecule has 8 nitrogen and oxygen atoms in total. The Hall–Kier alpha value is -3.59. The first kappa shape index (κ1) is 36.2. The third kappa shape index (κ3) is 8.66. The molecule has 0 spiro atoms. The zero-order valence-corrected chi connectivity index (χ0v) is 29.4. The van der Waals surface area contributed by atoms with Gasteiger partial charge in [0.05, 0.1) is 37.2 Å². The van der Waals surface area contributed by atoms with Crippen LogP contribution in [0.5, 0.6) is 0 Å². The highest BCUT2D eigenvalue weighted by atomic mass is 35.5. The van der Waals surface area contributed by atoms with Gasteiger partial charge in [-0.25, -0.2) is 9.48 Å². The first-order valence-corrected chi connectivity index (χ1v) is 16.8. The first-order chi connectivity index (χ1) is 22.6. The predicted octanol–water partition coefficient (Wildman–Crippen LogP) is 9.45. The van der Waals surface area contributed by atoms with E-state index in [9.17, 15) is 14.4 Å². The Morgan fingerprint density at radius 3 is 1.96 bits per heavy atom. The van der Waals surface area contributed by atoms with Gasteiger partial charge in [0.15, 0.2) is 5.69 Å². The summed E-state index contributed by atoms with van der Waals surface area (Å²) in [6, 6.07) is 12.4. The zero-order valence-electron chi connectivity index (χ0n) is 27.1. The van der Waals surface area contributed by atoms with Crippen molar-refractivity contribution < 1.29 is 28.6 Å². The van der Waals surface area contributed by atoms with Crippen LogP contribution < -0.4 is 0 Å². The van der Waals surface area contributed by atoms with Crippen LogP contribution in [-0.2, 0) is 23.8 Å². The molecule has 3 aromatic rings. The fraction of sp³-hybridized carbons (Fsp3) is 0.389. The summed E-state index contributed by atoms with van der Waals surface area (Å²) in [7, 11) is 2.73. The molecule has 0 unspecified atom stereocenters. The zero-order chi connectivity index (χ0) is 34.1. The molecule has 0 saturated carbocycles. The number of rotatable bonds is 16. The van der Waals surface area contributed by atoms with E-state index >= 15 is 0 Å². The third-order valence-electron chi connectivity index (χ3n) is 8.22. The molecule has 47 heavy (non-hydrogen) atoms. The van der Waals surface area contributed by atoms with Gasteiger partial charge in [-0.2, -0.15) is 5.10 Å². The standard InChI is InChI=1S/C36H39Cl3N2O6/c1-22-27(33(43)35(46-4)34(45-3)32(22)42)13-11-9-7-5-6-8-10-12-20-47-36(44)30-23(2)31(24-14-16-25(37)17-15-24)41(40-30)29-19-18-26(38)21-28(29)39/h14-19,21H,5-13,20H2,1-4H3. The number of ether oxygens (including phenoxy) is 3. The summed E-state index contributed by atoms with van der Waals surface area (Å²) in [5, 5.41) is 6.11. The number of methoxy groups -OCH3 is 2. The summed E-state index contributed by atoms with van der Waals surface area (Å²) in [4.78, 5) is 38.4. The lowest BCUT2D eigenvalue weighted by Gasteiger charge is -2.20. The number of esters is 1. The van der Waals surface area contributed by atoms with E-state index in [1.807, 2.05) is 19.1 Å². The molecule has 0 radical (unpaired) electrons. The molecule has 2 aromatic carbocycles. The highest BCUT2D eigenvalue weighted by Crippen LogP contribution is 2.34. The van der Waals surface area contributed by atoms with Gasteiger partial charge < -0.3 is 14.2 Å². The van der Waals surface area contributed by atoms with Gasteiger partial charge in [-0.1, -0.05) is 85.5 Å². The van der Waals surface area contributed by atoms with Gasteiger partial charge in [-0.3, -0.25) is 9.59 Å². The molecule has 0 N–H and O–H groups in total. The van der Waals surface area contributed by atoms with Crippen LogP contribution in [0.1, 0.15) is 80.8 Å². The van der Waals surface area contributed by atoms with Gasteiger partial charge in [0.2, 0.25) is 23.1 Å². The van der Waals surface area contributed by atoms with Crippen molar-refractivity contribution in [3.63, 3.8) is 0 Å². The summed E-state index contributed by atoms with van der Waals surface area (Å²) in [6.45, 7) is 3.80. The van der Waals surface area contributed by atoms with E-state index in [4.69, 9.17) is 49.0 Å². The molecule has 0 aliphatic heterocycles. The quantitative estimate of drug-likeness (QED) is 0.0834. The number of unbranched alkanes of at least 4 members (excludes halogenated alkanes) is 7. The summed E-state index contributed by atoms with van der Waals surface area (Å²) in [5.74, 6) is -1.09. The first-order valence-electron chi connectivity index (χ1n) is 15.7. The number of halogens is 3. The van der Waals surface area contributed by atoms with Crippen molar-refractivity contribution in [1.29, 1.82) is 0 Å². The Bertz CT molecular complexity index is 1690. The number of Topliss-reactive ketones (excluding diaryl/α,β-unsaturated/α-hetero) is 2. The van der Waals surface area contributed by atoms with Crippen molar-refractivity contribution in [3.8, 4) is 16.9 Å². The Balaban J connectivity index is 1.21. The summed E-state index contributed by atoms with van der Waals surface area (Å²) >= 11 is 18.8. The van der Waals surface area contributed by atoms with E-state index in [0.29, 0.717) is 56.2 Å². The van der Waals surface area contributed by atoms with E-state index in [0.717, 1.165) is 56.9 Å². The highest BCUT2D eigenvalue weighted by Gasteiger charge is 2.34. The fourth-order valence-corrected chi connectivity index (χ4v) is 6.27. The average Bonchev–Trinajstić information content (AvgIpc) is 3.39. The average molecular weight is 702 g/mol. The number of carbonyl (C=O) groups excluding carboxylic acids is 3. The molecule has 0 atom stereocenters. The SMILES string of the molecule is COC1=C(OC)C(=O)C(CCCCCCCCCCOC(=O)c2nn(-c3ccc(Cl)cc3Cl)c(-c3ccc(Cl)cc3)c2C)=C(C)C1=O. The number of benzene rings is 2. The fourth-order valence-electron chi connectivity index (χ4n) is 5.65. The van der Waals surface area contributed by atoms with Gasteiger partial charge in [0.25, 0.3) is 0 Å². The molecular weight excluding hydrogens is 663 g/mol. The Morgan fingerprint density at radius 2 is 1.34 bits per heavy atom. The Morgan fingerprint density at radius 1 is 0.766 bits per heavy atom. The van der Waals surface area contributed by atoms with E-state index in [-0.39, 0.29) is 28.8 Å². The number of hydrogen-bond acceptors (Lipinski definition) is 7. The molecule has 0 fully saturated rings. The Labute approximate surface area is 290 Å². The summed E-state index contributed by atoms with van der Waals surface area (Å²) in [5.41, 5.74) is 3.96. The minimum absolute atomic E-state index is 0.0147. The van der Waals surface area contributed by atoms with Gasteiger partial charge in [-0.15, -0.1) is 0 Å². The second-order valence-corrected chi connectivity index (χ2v) is 12.7. The van der Waals surface area contributed by atoms with Gasteiger partial charge in [0.1, 0.15) is 0 Å². The van der Waals surface area contributed by atoms with Gasteiger partial charge >= 0.3 is 5.97 Å². The van der Waals surface area contributed by atoms with Crippen LogP contribution in [0.25, 0.3) is 16.9 Å². The number of hydrogen-bond donors (Lipinski definition) is 0. The maximum Gasteiger partial charge on any atom is 0.359 e. The number of aromatic nitrogens is 2. The lowest BCUT2D eigenvalue weighted by atomic mass is 9.89. The van der Waals surface area contributed by atoms with Crippen LogP contribution >= 0.6 is 34.8 Å². The number of ketones is 2. The van der Waals surface area contributed by atoms with E-state index in [1.165, 1.54) is 14.2 Å². The molecule has 0 saturated heterocycles. The molecular formula is C36H39Cl3N2O6. The second-order valence-electron chi connectivity index (χ2n) is 11.4. The molecule has 1 aliphatic carbocycles. The predicted molar refractivity (Wildman–Crippen MR) is 184 cm³/mol. The maximum atomic E-state index is 13.1. The van der Waals surface area contributed by atoms with Crippen molar-refractivity contribution in [1.82, 2.24) is 9.78 Å². The number of allylic oxidation sites excluding steroid dienone is 2. The maximum absolute atomic E-state index is 13.1. The normalized spacial score (nSPS) is 13.4. The van der Waals surface area contributed by atoms with Crippen LogP contribution in [0.2, 0.25) is 15.1 Å². The second kappa shape index (κ2) is 17.0. The topological polar surface area (TPSA) is 96.7 Å². The van der Waals surface area contributed by atoms with Crippen molar-refractivity contribution in [2.75, 3.05) is 20.8 Å². The molecule has 11 heteroatoms.